The van der Waals surface area contributed by atoms with Gasteiger partial charge in [-0.25, -0.2) is 14.4 Å². The Kier molecular flexibility index (Phi) is 12.7. The van der Waals surface area contributed by atoms with Crippen molar-refractivity contribution in [2.75, 3.05) is 6.61 Å². The molecule has 16 heteroatoms. The Hall–Kier alpha value is -5.16. The maximum Gasteiger partial charge on any atom is 0.338 e. The van der Waals surface area contributed by atoms with Gasteiger partial charge in [-0.15, -0.1) is 0 Å². The molecule has 1 saturated heterocycles. The molecule has 2 aromatic rings. The second-order valence-electron chi connectivity index (χ2n) is 18.5. The molecule has 1 unspecified atom stereocenters. The molecule has 16 nitrogen and oxygen atoms in total. The van der Waals surface area contributed by atoms with Crippen LogP contribution >= 0.6 is 0 Å². The number of fused-ring (bicyclic) bond motifs is 5. The third kappa shape index (κ3) is 8.04. The minimum atomic E-state index is -2.38. The third-order valence-corrected chi connectivity index (χ3v) is 14.4. The van der Waals surface area contributed by atoms with E-state index in [1.165, 1.54) is 26.0 Å². The van der Waals surface area contributed by atoms with Crippen molar-refractivity contribution in [2.45, 2.75) is 146 Å². The van der Waals surface area contributed by atoms with Crippen LogP contribution in [-0.4, -0.2) is 111 Å². The third-order valence-electron chi connectivity index (χ3n) is 14.4. The lowest BCUT2D eigenvalue weighted by molar-refractivity contribution is -0.346. The minimum Gasteiger partial charge on any atom is -0.456 e. The summed E-state index contributed by atoms with van der Waals surface area (Å²) in [4.78, 5) is 83.5. The zero-order chi connectivity index (χ0) is 45.6. The van der Waals surface area contributed by atoms with E-state index in [-0.39, 0.29) is 35.8 Å². The Labute approximate surface area is 366 Å². The summed E-state index contributed by atoms with van der Waals surface area (Å²) in [5.74, 6) is -6.19. The van der Waals surface area contributed by atoms with E-state index in [0.29, 0.717) is 5.56 Å². The standard InChI is InChI=1S/C47H58N2O14/c1-25-31(61-42(56)36(53)35(28-16-10-7-11-17-28)49-43(57)48-30-20-14-9-15-21-30)23-47(58)40(62-41(55)29-18-12-8-13-19-29)38-45(6,32(52)22-33-46(38,24-59-33)63-27(3)51)39(54)37(60-26(2)50)34(25)44(47,4)5/h7-8,10-13,16-19,30-33,35-38,40,52-53,58H,9,14-15,20-24H2,1-6H3,(H2,48,49,57)/t31?,32-,33+,35-,36+,37+,38-,40-,45+,46-,47+/m0/s1. The molecule has 5 aliphatic rings. The number of ether oxygens (including phenoxy) is 5. The molecule has 1 heterocycles. The maximum absolute atomic E-state index is 15.5. The SMILES string of the molecule is CC(=O)O[C@H]1C(=O)[C@@]2(C)[C@H]([C@H](OC(=O)c3ccccc3)[C@]3(O)CC(OC(=O)[C@H](O)[C@@H](NC(=O)NC4CCCCC4)c4ccccc4)C(C)=C1C3(C)C)[C@]1(OC(C)=O)CO[C@@H]1C[C@@H]2O. The number of Topliss-reactive ketones (excluding diaryl/α,β-unsaturated/α-hetero) is 1. The van der Waals surface area contributed by atoms with Gasteiger partial charge in [-0.3, -0.25) is 14.4 Å². The summed E-state index contributed by atoms with van der Waals surface area (Å²) in [6.07, 6.45) is -5.87. The van der Waals surface area contributed by atoms with Crippen molar-refractivity contribution in [3.63, 3.8) is 0 Å². The summed E-state index contributed by atoms with van der Waals surface area (Å²) in [5, 5.41) is 43.3. The van der Waals surface area contributed by atoms with E-state index >= 15 is 4.79 Å². The smallest absolute Gasteiger partial charge is 0.338 e. The van der Waals surface area contributed by atoms with Crippen LogP contribution in [0.1, 0.15) is 108 Å². The Morgan fingerprint density at radius 1 is 0.873 bits per heavy atom. The van der Waals surface area contributed by atoms with E-state index in [4.69, 9.17) is 23.7 Å². The van der Waals surface area contributed by atoms with Gasteiger partial charge in [0.2, 0.25) is 0 Å². The van der Waals surface area contributed by atoms with Gasteiger partial charge in [0.05, 0.1) is 35.6 Å². The van der Waals surface area contributed by atoms with Gasteiger partial charge in [0, 0.05) is 38.1 Å². The van der Waals surface area contributed by atoms with Gasteiger partial charge in [-0.1, -0.05) is 81.6 Å². The molecule has 4 aliphatic carbocycles. The molecule has 0 radical (unpaired) electrons. The van der Waals surface area contributed by atoms with Crippen molar-refractivity contribution in [3.8, 4) is 0 Å². The van der Waals surface area contributed by atoms with Gasteiger partial charge in [-0.05, 0) is 55.5 Å². The molecule has 4 fully saturated rings. The number of carbonyl (C=O) groups excluding carboxylic acids is 6. The van der Waals surface area contributed by atoms with Crippen molar-refractivity contribution < 1.29 is 67.8 Å². The number of esters is 4. The minimum absolute atomic E-state index is 0.00879. The van der Waals surface area contributed by atoms with Crippen molar-refractivity contribution in [2.24, 2.45) is 16.7 Å². The second-order valence-corrected chi connectivity index (χ2v) is 18.5. The predicted molar refractivity (Wildman–Crippen MR) is 222 cm³/mol. The lowest BCUT2D eigenvalue weighted by Gasteiger charge is -2.67. The number of benzene rings is 2. The van der Waals surface area contributed by atoms with Crippen LogP contribution in [0, 0.1) is 16.7 Å². The Morgan fingerprint density at radius 3 is 2.10 bits per heavy atom. The highest BCUT2D eigenvalue weighted by Gasteiger charge is 2.78. The number of nitrogens with one attached hydrogen (secondary N) is 2. The highest BCUT2D eigenvalue weighted by molar-refractivity contribution is 5.95. The Balaban J connectivity index is 1.35. The average Bonchev–Trinajstić information content (AvgIpc) is 3.24. The number of carbonyl (C=O) groups is 6. The van der Waals surface area contributed by atoms with Crippen LogP contribution < -0.4 is 10.6 Å². The molecule has 5 N–H and O–H groups in total. The lowest BCUT2D eigenvalue weighted by Crippen LogP contribution is -2.82. The van der Waals surface area contributed by atoms with E-state index in [0.717, 1.165) is 46.0 Å². The fourth-order valence-corrected chi connectivity index (χ4v) is 11.0. The summed E-state index contributed by atoms with van der Waals surface area (Å²) >= 11 is 0. The zero-order valence-corrected chi connectivity index (χ0v) is 36.5. The Morgan fingerprint density at radius 2 is 1.51 bits per heavy atom. The number of aliphatic hydroxyl groups excluding tert-OH is 2. The lowest BCUT2D eigenvalue weighted by atomic mass is 9.44. The molecular weight excluding hydrogens is 817 g/mol. The van der Waals surface area contributed by atoms with Crippen molar-refractivity contribution >= 4 is 35.7 Å². The summed E-state index contributed by atoms with van der Waals surface area (Å²) in [6.45, 7) is 8.03. The van der Waals surface area contributed by atoms with Gasteiger partial charge in [0.15, 0.2) is 23.6 Å². The molecule has 11 atom stereocenters. The number of rotatable bonds is 10. The van der Waals surface area contributed by atoms with Gasteiger partial charge >= 0.3 is 29.9 Å². The summed E-state index contributed by atoms with van der Waals surface area (Å²) in [5.41, 5.74) is -7.18. The second kappa shape index (κ2) is 17.4. The van der Waals surface area contributed by atoms with Gasteiger partial charge in [-0.2, -0.15) is 0 Å². The normalized spacial score (nSPS) is 33.3. The largest absolute Gasteiger partial charge is 0.456 e. The van der Waals surface area contributed by atoms with Crippen LogP contribution in [0.2, 0.25) is 0 Å². The molecule has 3 saturated carbocycles. The first-order chi connectivity index (χ1) is 29.8. The number of amides is 2. The molecule has 0 aromatic heterocycles. The average molecular weight is 875 g/mol. The summed E-state index contributed by atoms with van der Waals surface area (Å²) < 4.78 is 30.3. The quantitative estimate of drug-likeness (QED) is 0.129. The Bertz CT molecular complexity index is 2140. The monoisotopic (exact) mass is 874 g/mol. The molecular formula is C47H58N2O14. The van der Waals surface area contributed by atoms with Crippen LogP contribution in [-0.2, 0) is 42.9 Å². The zero-order valence-electron chi connectivity index (χ0n) is 36.5. The summed E-state index contributed by atoms with van der Waals surface area (Å²) in [7, 11) is 0. The molecule has 7 rings (SSSR count). The molecule has 2 bridgehead atoms. The van der Waals surface area contributed by atoms with Crippen molar-refractivity contribution in [3.05, 3.63) is 82.9 Å². The van der Waals surface area contributed by atoms with Gasteiger partial charge in [0.25, 0.3) is 0 Å². The topological polar surface area (TPSA) is 233 Å². The fourth-order valence-electron chi connectivity index (χ4n) is 11.0. The molecule has 1 aliphatic heterocycles. The maximum atomic E-state index is 15.5. The van der Waals surface area contributed by atoms with Crippen molar-refractivity contribution in [1.82, 2.24) is 10.6 Å². The van der Waals surface area contributed by atoms with Gasteiger partial charge in [0.1, 0.15) is 23.9 Å². The van der Waals surface area contributed by atoms with E-state index in [9.17, 15) is 39.3 Å². The summed E-state index contributed by atoms with van der Waals surface area (Å²) in [6, 6.07) is 14.3. The predicted octanol–water partition coefficient (Wildman–Crippen LogP) is 3.94. The number of aliphatic hydroxyl groups is 3. The van der Waals surface area contributed by atoms with Crippen LogP contribution in [0.3, 0.4) is 0 Å². The molecule has 2 aromatic carbocycles. The van der Waals surface area contributed by atoms with Gasteiger partial charge < -0.3 is 49.6 Å². The molecule has 2 amide bonds. The number of hydrogen-bond donors (Lipinski definition) is 5. The first-order valence-corrected chi connectivity index (χ1v) is 21.7. The first kappa shape index (κ1) is 45.9. The van der Waals surface area contributed by atoms with E-state index in [1.807, 2.05) is 0 Å². The van der Waals surface area contributed by atoms with Crippen LogP contribution in [0.25, 0.3) is 0 Å². The van der Waals surface area contributed by atoms with E-state index in [1.54, 1.807) is 62.4 Å². The van der Waals surface area contributed by atoms with Crippen LogP contribution in [0.5, 0.6) is 0 Å². The fraction of sp³-hybridized carbons (Fsp3) is 0.574. The van der Waals surface area contributed by atoms with Crippen molar-refractivity contribution in [1.29, 1.82) is 0 Å². The number of ketones is 1. The highest BCUT2D eigenvalue weighted by atomic mass is 16.6. The number of hydrogen-bond acceptors (Lipinski definition) is 14. The van der Waals surface area contributed by atoms with E-state index in [2.05, 4.69) is 10.6 Å². The van der Waals surface area contributed by atoms with E-state index < -0.39 is 113 Å². The number of urea groups is 1. The first-order valence-electron chi connectivity index (χ1n) is 21.7. The van der Waals surface area contributed by atoms with Crippen LogP contribution in [0.4, 0.5) is 4.79 Å². The highest BCUT2D eigenvalue weighted by Crippen LogP contribution is 2.64. The molecule has 63 heavy (non-hydrogen) atoms. The molecule has 0 spiro atoms. The van der Waals surface area contributed by atoms with Crippen LogP contribution in [0.15, 0.2) is 71.8 Å². The molecule has 340 valence electrons.